The number of benzene rings is 1. The first kappa shape index (κ1) is 14.9. The molecular weight excluding hydrogens is 246 g/mol. The van der Waals surface area contributed by atoms with E-state index >= 15 is 0 Å². The largest absolute Gasteiger partial charge is 0.506 e. The van der Waals surface area contributed by atoms with Crippen molar-refractivity contribution in [2.24, 2.45) is 0 Å². The van der Waals surface area contributed by atoms with E-state index in [1.165, 1.54) is 0 Å². The van der Waals surface area contributed by atoms with Gasteiger partial charge >= 0.3 is 0 Å². The van der Waals surface area contributed by atoms with Gasteiger partial charge in [-0.1, -0.05) is 25.5 Å². The van der Waals surface area contributed by atoms with Gasteiger partial charge in [-0.15, -0.1) is 11.8 Å². The Morgan fingerprint density at radius 2 is 2.22 bits per heavy atom. The van der Waals surface area contributed by atoms with Crippen molar-refractivity contribution in [2.45, 2.75) is 38.9 Å². The predicted octanol–water partition coefficient (Wildman–Crippen LogP) is 3.56. The molecule has 100 valence electrons. The number of para-hydroxylation sites is 1. The molecule has 0 heterocycles. The highest BCUT2D eigenvalue weighted by atomic mass is 32.2. The number of unbranched alkanes of at least 4 members (excludes halogenated alkanes) is 1. The molecule has 1 atom stereocenters. The molecule has 0 saturated carbocycles. The molecule has 0 aliphatic rings. The summed E-state index contributed by atoms with van der Waals surface area (Å²) in [6.45, 7) is 5.89. The Balaban J connectivity index is 2.58. The number of aromatic hydroxyl groups is 1. The van der Waals surface area contributed by atoms with Crippen molar-refractivity contribution in [1.82, 2.24) is 0 Å². The maximum atomic E-state index is 12.0. The van der Waals surface area contributed by atoms with E-state index in [-0.39, 0.29) is 16.9 Å². The first-order valence-electron chi connectivity index (χ1n) is 6.27. The maximum Gasteiger partial charge on any atom is 0.237 e. The second-order valence-electron chi connectivity index (χ2n) is 4.32. The summed E-state index contributed by atoms with van der Waals surface area (Å²) in [5.74, 6) is 1.06. The summed E-state index contributed by atoms with van der Waals surface area (Å²) in [7, 11) is 0. The van der Waals surface area contributed by atoms with Crippen molar-refractivity contribution in [3.8, 4) is 5.75 Å². The van der Waals surface area contributed by atoms with Gasteiger partial charge in [0.15, 0.2) is 0 Å². The van der Waals surface area contributed by atoms with Crippen LogP contribution in [0, 0.1) is 6.92 Å². The van der Waals surface area contributed by atoms with Crippen LogP contribution in [0.4, 0.5) is 5.69 Å². The third-order valence-corrected chi connectivity index (χ3v) is 3.97. The zero-order valence-electron chi connectivity index (χ0n) is 11.2. The van der Waals surface area contributed by atoms with E-state index in [0.29, 0.717) is 5.69 Å². The van der Waals surface area contributed by atoms with Gasteiger partial charge in [-0.25, -0.2) is 0 Å². The van der Waals surface area contributed by atoms with Gasteiger partial charge in [-0.2, -0.15) is 0 Å². The number of carbonyl (C=O) groups is 1. The van der Waals surface area contributed by atoms with Crippen LogP contribution in [0.2, 0.25) is 0 Å². The van der Waals surface area contributed by atoms with Gasteiger partial charge in [0.25, 0.3) is 0 Å². The van der Waals surface area contributed by atoms with Crippen LogP contribution in [0.15, 0.2) is 18.2 Å². The number of hydrogen-bond donors (Lipinski definition) is 2. The molecule has 0 aromatic heterocycles. The van der Waals surface area contributed by atoms with E-state index < -0.39 is 0 Å². The SMILES string of the molecule is CCCCSC(C)C(=O)Nc1c(C)cccc1O. The Kier molecular flexibility index (Phi) is 6.05. The standard InChI is InChI=1S/C14H21NO2S/c1-4-5-9-18-11(3)14(17)15-13-10(2)7-6-8-12(13)16/h6-8,11,16H,4-5,9H2,1-3H3,(H,15,17). The normalized spacial score (nSPS) is 12.2. The van der Waals surface area contributed by atoms with Gasteiger partial charge in [0, 0.05) is 0 Å². The first-order valence-corrected chi connectivity index (χ1v) is 7.32. The summed E-state index contributed by atoms with van der Waals surface area (Å²) in [4.78, 5) is 12.0. The minimum Gasteiger partial charge on any atom is -0.506 e. The molecular formula is C14H21NO2S. The molecule has 1 unspecified atom stereocenters. The highest BCUT2D eigenvalue weighted by Crippen LogP contribution is 2.27. The number of amides is 1. The lowest BCUT2D eigenvalue weighted by atomic mass is 10.2. The zero-order valence-corrected chi connectivity index (χ0v) is 12.0. The second-order valence-corrected chi connectivity index (χ2v) is 5.77. The Bertz CT molecular complexity index is 387. The zero-order chi connectivity index (χ0) is 13.5. The topological polar surface area (TPSA) is 49.3 Å². The first-order chi connectivity index (χ1) is 8.56. The summed E-state index contributed by atoms with van der Waals surface area (Å²) in [5, 5.41) is 12.4. The molecule has 3 nitrogen and oxygen atoms in total. The van der Waals surface area contributed by atoms with Crippen LogP contribution < -0.4 is 5.32 Å². The van der Waals surface area contributed by atoms with Crippen molar-refractivity contribution in [3.63, 3.8) is 0 Å². The molecule has 1 aromatic rings. The molecule has 0 spiro atoms. The Hall–Kier alpha value is -1.16. The van der Waals surface area contributed by atoms with Crippen molar-refractivity contribution < 1.29 is 9.90 Å². The quantitative estimate of drug-likeness (QED) is 0.612. The molecule has 4 heteroatoms. The summed E-state index contributed by atoms with van der Waals surface area (Å²) in [6.07, 6.45) is 2.26. The van der Waals surface area contributed by atoms with Crippen LogP contribution in [0.1, 0.15) is 32.3 Å². The molecule has 1 aromatic carbocycles. The lowest BCUT2D eigenvalue weighted by molar-refractivity contribution is -0.115. The third kappa shape index (κ3) is 4.26. The van der Waals surface area contributed by atoms with E-state index in [9.17, 15) is 9.90 Å². The third-order valence-electron chi connectivity index (χ3n) is 2.73. The Labute approximate surface area is 113 Å². The van der Waals surface area contributed by atoms with Crippen molar-refractivity contribution in [3.05, 3.63) is 23.8 Å². The molecule has 0 bridgehead atoms. The number of rotatable bonds is 6. The van der Waals surface area contributed by atoms with Gasteiger partial charge in [0.1, 0.15) is 5.75 Å². The van der Waals surface area contributed by atoms with E-state index in [4.69, 9.17) is 0 Å². The fourth-order valence-electron chi connectivity index (χ4n) is 1.52. The van der Waals surface area contributed by atoms with Crippen LogP contribution >= 0.6 is 11.8 Å². The molecule has 2 N–H and O–H groups in total. The fourth-order valence-corrected chi connectivity index (χ4v) is 2.54. The number of hydrogen-bond acceptors (Lipinski definition) is 3. The predicted molar refractivity (Wildman–Crippen MR) is 78.3 cm³/mol. The van der Waals surface area contributed by atoms with Crippen LogP contribution in [-0.4, -0.2) is 22.0 Å². The van der Waals surface area contributed by atoms with Crippen molar-refractivity contribution in [1.29, 1.82) is 0 Å². The van der Waals surface area contributed by atoms with Crippen LogP contribution in [0.25, 0.3) is 0 Å². The lowest BCUT2D eigenvalue weighted by Crippen LogP contribution is -2.23. The molecule has 18 heavy (non-hydrogen) atoms. The van der Waals surface area contributed by atoms with Crippen molar-refractivity contribution in [2.75, 3.05) is 11.1 Å². The smallest absolute Gasteiger partial charge is 0.237 e. The molecule has 1 rings (SSSR count). The van der Waals surface area contributed by atoms with E-state index in [1.54, 1.807) is 23.9 Å². The van der Waals surface area contributed by atoms with Crippen LogP contribution in [-0.2, 0) is 4.79 Å². The van der Waals surface area contributed by atoms with E-state index in [2.05, 4.69) is 12.2 Å². The number of carbonyl (C=O) groups excluding carboxylic acids is 1. The van der Waals surface area contributed by atoms with E-state index in [0.717, 1.165) is 24.2 Å². The number of anilines is 1. The van der Waals surface area contributed by atoms with Crippen LogP contribution in [0.3, 0.4) is 0 Å². The second kappa shape index (κ2) is 7.31. The maximum absolute atomic E-state index is 12.0. The molecule has 0 aliphatic carbocycles. The minimum absolute atomic E-state index is 0.0549. The highest BCUT2D eigenvalue weighted by molar-refractivity contribution is 8.00. The average molecular weight is 267 g/mol. The van der Waals surface area contributed by atoms with Gasteiger partial charge in [0.05, 0.1) is 10.9 Å². The number of nitrogens with one attached hydrogen (secondary N) is 1. The molecule has 0 fully saturated rings. The Morgan fingerprint density at radius 1 is 1.50 bits per heavy atom. The average Bonchev–Trinajstić information content (AvgIpc) is 2.34. The van der Waals surface area contributed by atoms with Crippen LogP contribution in [0.5, 0.6) is 5.75 Å². The molecule has 0 radical (unpaired) electrons. The lowest BCUT2D eigenvalue weighted by Gasteiger charge is -2.14. The molecule has 1 amide bonds. The summed E-state index contributed by atoms with van der Waals surface area (Å²) < 4.78 is 0. The molecule has 0 saturated heterocycles. The number of aryl methyl sites for hydroxylation is 1. The Morgan fingerprint density at radius 3 is 2.83 bits per heavy atom. The van der Waals surface area contributed by atoms with Gasteiger partial charge in [-0.3, -0.25) is 4.79 Å². The van der Waals surface area contributed by atoms with Crippen molar-refractivity contribution >= 4 is 23.4 Å². The van der Waals surface area contributed by atoms with Gasteiger partial charge in [0.2, 0.25) is 5.91 Å². The summed E-state index contributed by atoms with van der Waals surface area (Å²) in [5.41, 5.74) is 1.39. The van der Waals surface area contributed by atoms with Gasteiger partial charge in [-0.05, 0) is 37.7 Å². The number of phenols is 1. The van der Waals surface area contributed by atoms with E-state index in [1.807, 2.05) is 19.9 Å². The minimum atomic E-state index is -0.101. The summed E-state index contributed by atoms with van der Waals surface area (Å²) in [6, 6.07) is 5.21. The van der Waals surface area contributed by atoms with Gasteiger partial charge < -0.3 is 10.4 Å². The summed E-state index contributed by atoms with van der Waals surface area (Å²) >= 11 is 1.65. The number of thioether (sulfide) groups is 1. The highest BCUT2D eigenvalue weighted by Gasteiger charge is 2.15. The fraction of sp³-hybridized carbons (Fsp3) is 0.500. The monoisotopic (exact) mass is 267 g/mol. The number of phenolic OH excluding ortho intramolecular Hbond substituents is 1. The molecule has 0 aliphatic heterocycles.